The Hall–Kier alpha value is -1.96. The Labute approximate surface area is 143 Å². The number of Topliss-reactive ketones (excluding diaryl/α,β-unsaturated/α-hetero) is 1. The highest BCUT2D eigenvalue weighted by atomic mass is 19.1. The van der Waals surface area contributed by atoms with E-state index in [1.54, 1.807) is 19.1 Å². The summed E-state index contributed by atoms with van der Waals surface area (Å²) in [5, 5.41) is 0. The topological polar surface area (TPSA) is 17.1 Å². The highest BCUT2D eigenvalue weighted by Gasteiger charge is 2.18. The molecule has 0 spiro atoms. The number of aryl methyl sites for hydroxylation is 2. The molecule has 0 atom stereocenters. The molecular formula is C22H25FO. The number of hydrogen-bond donors (Lipinski definition) is 0. The van der Waals surface area contributed by atoms with Crippen molar-refractivity contribution in [1.29, 1.82) is 0 Å². The molecule has 1 fully saturated rings. The molecule has 0 aromatic heterocycles. The number of benzene rings is 2. The Morgan fingerprint density at radius 2 is 1.88 bits per heavy atom. The summed E-state index contributed by atoms with van der Waals surface area (Å²) in [5.74, 6) is 0.613. The molecule has 3 rings (SSSR count). The molecule has 1 aliphatic rings. The van der Waals surface area contributed by atoms with Crippen LogP contribution in [0.2, 0.25) is 0 Å². The SMILES string of the molecule is CC(=O)c1ccc(C2CCCC2)cc1CCCc1cccc(F)c1. The maximum absolute atomic E-state index is 13.3. The summed E-state index contributed by atoms with van der Waals surface area (Å²) < 4.78 is 13.3. The molecule has 0 amide bonds. The average Bonchev–Trinajstić information content (AvgIpc) is 3.09. The molecule has 1 saturated carbocycles. The lowest BCUT2D eigenvalue weighted by atomic mass is 9.90. The van der Waals surface area contributed by atoms with Crippen molar-refractivity contribution < 1.29 is 9.18 Å². The Morgan fingerprint density at radius 1 is 1.08 bits per heavy atom. The summed E-state index contributed by atoms with van der Waals surface area (Å²) in [7, 11) is 0. The minimum atomic E-state index is -0.180. The Bertz CT molecular complexity index is 714. The van der Waals surface area contributed by atoms with Crippen LogP contribution < -0.4 is 0 Å². The predicted molar refractivity (Wildman–Crippen MR) is 96.1 cm³/mol. The number of halogens is 1. The number of carbonyl (C=O) groups excluding carboxylic acids is 1. The van der Waals surface area contributed by atoms with Gasteiger partial charge >= 0.3 is 0 Å². The van der Waals surface area contributed by atoms with Gasteiger partial charge in [0.15, 0.2) is 5.78 Å². The highest BCUT2D eigenvalue weighted by molar-refractivity contribution is 5.95. The lowest BCUT2D eigenvalue weighted by Crippen LogP contribution is -2.03. The molecule has 0 N–H and O–H groups in total. The zero-order valence-corrected chi connectivity index (χ0v) is 14.4. The van der Waals surface area contributed by atoms with E-state index in [0.29, 0.717) is 5.92 Å². The summed E-state index contributed by atoms with van der Waals surface area (Å²) in [6, 6.07) is 13.2. The van der Waals surface area contributed by atoms with Gasteiger partial charge < -0.3 is 0 Å². The van der Waals surface area contributed by atoms with Crippen LogP contribution in [0.5, 0.6) is 0 Å². The maximum atomic E-state index is 13.3. The van der Waals surface area contributed by atoms with Crippen molar-refractivity contribution in [3.05, 3.63) is 70.5 Å². The van der Waals surface area contributed by atoms with Gasteiger partial charge in [0, 0.05) is 5.56 Å². The van der Waals surface area contributed by atoms with Gasteiger partial charge in [-0.2, -0.15) is 0 Å². The molecule has 2 aromatic carbocycles. The van der Waals surface area contributed by atoms with Crippen molar-refractivity contribution in [2.45, 2.75) is 57.8 Å². The van der Waals surface area contributed by atoms with E-state index >= 15 is 0 Å². The Morgan fingerprint density at radius 3 is 2.58 bits per heavy atom. The van der Waals surface area contributed by atoms with Crippen LogP contribution >= 0.6 is 0 Å². The van der Waals surface area contributed by atoms with E-state index in [-0.39, 0.29) is 11.6 Å². The fourth-order valence-corrected chi connectivity index (χ4v) is 3.85. The zero-order chi connectivity index (χ0) is 16.9. The Kier molecular flexibility index (Phi) is 5.44. The normalized spacial score (nSPS) is 14.9. The third kappa shape index (κ3) is 4.11. The highest BCUT2D eigenvalue weighted by Crippen LogP contribution is 2.35. The van der Waals surface area contributed by atoms with Gasteiger partial charge in [-0.1, -0.05) is 43.2 Å². The molecule has 1 aliphatic carbocycles. The smallest absolute Gasteiger partial charge is 0.160 e. The molecule has 0 unspecified atom stereocenters. The van der Waals surface area contributed by atoms with Crippen LogP contribution in [0.1, 0.15) is 72.0 Å². The van der Waals surface area contributed by atoms with Crippen LogP contribution in [0.4, 0.5) is 4.39 Å². The van der Waals surface area contributed by atoms with Gasteiger partial charge in [0.2, 0.25) is 0 Å². The van der Waals surface area contributed by atoms with Gasteiger partial charge in [0.1, 0.15) is 5.82 Å². The van der Waals surface area contributed by atoms with Gasteiger partial charge in [0.25, 0.3) is 0 Å². The molecule has 0 saturated heterocycles. The van der Waals surface area contributed by atoms with E-state index in [4.69, 9.17) is 0 Å². The predicted octanol–water partition coefficient (Wildman–Crippen LogP) is 5.86. The van der Waals surface area contributed by atoms with Crippen molar-refractivity contribution in [3.63, 3.8) is 0 Å². The van der Waals surface area contributed by atoms with E-state index in [2.05, 4.69) is 12.1 Å². The van der Waals surface area contributed by atoms with E-state index in [0.717, 1.165) is 36.0 Å². The van der Waals surface area contributed by atoms with Crippen LogP contribution in [-0.4, -0.2) is 5.78 Å². The second-order valence-corrected chi connectivity index (χ2v) is 6.94. The van der Waals surface area contributed by atoms with Crippen molar-refractivity contribution in [3.8, 4) is 0 Å². The van der Waals surface area contributed by atoms with Crippen molar-refractivity contribution >= 4 is 5.78 Å². The number of rotatable bonds is 6. The second kappa shape index (κ2) is 7.74. The standard InChI is InChI=1S/C22H25FO/c1-16(24)22-13-12-19(18-8-2-3-9-18)15-20(22)10-4-6-17-7-5-11-21(23)14-17/h5,7,11-15,18H,2-4,6,8-10H2,1H3. The fraction of sp³-hybridized carbons (Fsp3) is 0.409. The van der Waals surface area contributed by atoms with E-state index in [1.807, 2.05) is 12.1 Å². The molecule has 2 aromatic rings. The summed E-state index contributed by atoms with van der Waals surface area (Å²) >= 11 is 0. The minimum Gasteiger partial charge on any atom is -0.295 e. The molecule has 0 radical (unpaired) electrons. The molecular weight excluding hydrogens is 299 g/mol. The summed E-state index contributed by atoms with van der Waals surface area (Å²) in [6.45, 7) is 1.64. The Balaban J connectivity index is 1.72. The summed E-state index contributed by atoms with van der Waals surface area (Å²) in [4.78, 5) is 11.9. The van der Waals surface area contributed by atoms with E-state index < -0.39 is 0 Å². The van der Waals surface area contributed by atoms with Crippen LogP contribution in [0.3, 0.4) is 0 Å². The van der Waals surface area contributed by atoms with Crippen molar-refractivity contribution in [2.24, 2.45) is 0 Å². The first-order valence-corrected chi connectivity index (χ1v) is 9.01. The molecule has 1 nitrogen and oxygen atoms in total. The van der Waals surface area contributed by atoms with Gasteiger partial charge in [0.05, 0.1) is 0 Å². The number of ketones is 1. The van der Waals surface area contributed by atoms with Gasteiger partial charge in [-0.25, -0.2) is 4.39 Å². The number of hydrogen-bond acceptors (Lipinski definition) is 1. The second-order valence-electron chi connectivity index (χ2n) is 6.94. The quantitative estimate of drug-likeness (QED) is 0.608. The molecule has 2 heteroatoms. The monoisotopic (exact) mass is 324 g/mol. The molecule has 24 heavy (non-hydrogen) atoms. The first-order chi connectivity index (χ1) is 11.6. The van der Waals surface area contributed by atoms with Crippen LogP contribution in [-0.2, 0) is 12.8 Å². The van der Waals surface area contributed by atoms with Crippen LogP contribution in [0.15, 0.2) is 42.5 Å². The van der Waals surface area contributed by atoms with Gasteiger partial charge in [-0.05, 0) is 73.8 Å². The molecule has 126 valence electrons. The third-order valence-corrected chi connectivity index (χ3v) is 5.14. The first kappa shape index (κ1) is 16.9. The zero-order valence-electron chi connectivity index (χ0n) is 14.4. The summed E-state index contributed by atoms with van der Waals surface area (Å²) in [6.07, 6.45) is 7.79. The van der Waals surface area contributed by atoms with Gasteiger partial charge in [-0.3, -0.25) is 4.79 Å². The third-order valence-electron chi connectivity index (χ3n) is 5.14. The van der Waals surface area contributed by atoms with Crippen LogP contribution in [0.25, 0.3) is 0 Å². The van der Waals surface area contributed by atoms with E-state index in [1.165, 1.54) is 37.3 Å². The maximum Gasteiger partial charge on any atom is 0.160 e. The lowest BCUT2D eigenvalue weighted by Gasteiger charge is -2.14. The molecule has 0 bridgehead atoms. The van der Waals surface area contributed by atoms with E-state index in [9.17, 15) is 9.18 Å². The minimum absolute atomic E-state index is 0.133. The van der Waals surface area contributed by atoms with Crippen molar-refractivity contribution in [1.82, 2.24) is 0 Å². The molecule has 0 aliphatic heterocycles. The average molecular weight is 324 g/mol. The van der Waals surface area contributed by atoms with Crippen LogP contribution in [0, 0.1) is 5.82 Å². The molecule has 0 heterocycles. The first-order valence-electron chi connectivity index (χ1n) is 9.01. The fourth-order valence-electron chi connectivity index (χ4n) is 3.85. The lowest BCUT2D eigenvalue weighted by molar-refractivity contribution is 0.101. The number of carbonyl (C=O) groups is 1. The summed E-state index contributed by atoms with van der Waals surface area (Å²) in [5.41, 5.74) is 4.41. The largest absolute Gasteiger partial charge is 0.295 e. The van der Waals surface area contributed by atoms with Crippen molar-refractivity contribution in [2.75, 3.05) is 0 Å². The van der Waals surface area contributed by atoms with Gasteiger partial charge in [-0.15, -0.1) is 0 Å².